The fraction of sp³-hybridized carbons (Fsp3) is 1.00. The number of aliphatic hydroxyl groups excluding tert-OH is 1. The minimum atomic E-state index is -0.455. The Hall–Kier alpha value is -0.0800. The van der Waals surface area contributed by atoms with E-state index >= 15 is 0 Å². The molecule has 0 aliphatic heterocycles. The first kappa shape index (κ1) is 15.4. The van der Waals surface area contributed by atoms with Gasteiger partial charge in [-0.05, 0) is 99.2 Å². The highest BCUT2D eigenvalue weighted by Crippen LogP contribution is 2.68. The van der Waals surface area contributed by atoms with Crippen molar-refractivity contribution < 1.29 is 10.2 Å². The Balaban J connectivity index is 1.64. The van der Waals surface area contributed by atoms with Crippen LogP contribution in [0.2, 0.25) is 0 Å². The van der Waals surface area contributed by atoms with E-state index in [9.17, 15) is 10.2 Å². The van der Waals surface area contributed by atoms with E-state index in [0.29, 0.717) is 5.41 Å². The van der Waals surface area contributed by atoms with Crippen LogP contribution in [0, 0.1) is 34.5 Å². The third-order valence-electron chi connectivity index (χ3n) is 9.20. The lowest BCUT2D eigenvalue weighted by molar-refractivity contribution is -0.153. The van der Waals surface area contributed by atoms with E-state index in [1.807, 2.05) is 0 Å². The SMILES string of the molecule is C[C@]12CC[C@@H](O)C[C@@H]1CC[C@@H]1[C@@H]2CC[C@@]2(C)[C@H]1CC[C@]2(C)O. The molecule has 4 rings (SSSR count). The minimum Gasteiger partial charge on any atom is -0.393 e. The van der Waals surface area contributed by atoms with Crippen molar-refractivity contribution in [3.63, 3.8) is 0 Å². The van der Waals surface area contributed by atoms with Crippen LogP contribution in [0.3, 0.4) is 0 Å². The second-order valence-corrected chi connectivity index (χ2v) is 9.85. The Kier molecular flexibility index (Phi) is 3.32. The molecule has 0 heterocycles. The molecule has 4 fully saturated rings. The molecule has 0 spiro atoms. The molecule has 2 N–H and O–H groups in total. The molecule has 4 saturated carbocycles. The Morgan fingerprint density at radius 1 is 0.818 bits per heavy atom. The van der Waals surface area contributed by atoms with Gasteiger partial charge < -0.3 is 10.2 Å². The van der Waals surface area contributed by atoms with Gasteiger partial charge in [-0.1, -0.05) is 13.8 Å². The lowest BCUT2D eigenvalue weighted by Gasteiger charge is -2.61. The second-order valence-electron chi connectivity index (χ2n) is 9.85. The highest BCUT2D eigenvalue weighted by atomic mass is 16.3. The van der Waals surface area contributed by atoms with Crippen LogP contribution < -0.4 is 0 Å². The standard InChI is InChI=1S/C20H34O2/c1-18-9-6-14(21)12-13(18)4-5-15-16(18)7-10-19(2)17(15)8-11-20(19,3)22/h13-17,21-22H,4-12H2,1-3H3/t13-,14+,15+,16-,17-,18-,19-,20-/m0/s1. The van der Waals surface area contributed by atoms with Gasteiger partial charge in [-0.3, -0.25) is 0 Å². The third kappa shape index (κ3) is 1.86. The summed E-state index contributed by atoms with van der Waals surface area (Å²) in [6.45, 7) is 7.01. The van der Waals surface area contributed by atoms with Crippen molar-refractivity contribution >= 4 is 0 Å². The van der Waals surface area contributed by atoms with Crippen LogP contribution in [0.1, 0.15) is 78.6 Å². The maximum atomic E-state index is 10.9. The molecule has 0 aromatic carbocycles. The highest BCUT2D eigenvalue weighted by molar-refractivity contribution is 5.12. The fourth-order valence-corrected chi connectivity index (χ4v) is 7.48. The Morgan fingerprint density at radius 2 is 1.55 bits per heavy atom. The van der Waals surface area contributed by atoms with Crippen molar-refractivity contribution in [1.82, 2.24) is 0 Å². The van der Waals surface area contributed by atoms with Crippen molar-refractivity contribution in [2.75, 3.05) is 0 Å². The molecule has 0 saturated heterocycles. The molecule has 0 bridgehead atoms. The van der Waals surface area contributed by atoms with E-state index in [1.54, 1.807) is 0 Å². The molecule has 0 aromatic heterocycles. The van der Waals surface area contributed by atoms with Gasteiger partial charge in [0.2, 0.25) is 0 Å². The van der Waals surface area contributed by atoms with E-state index in [2.05, 4.69) is 20.8 Å². The van der Waals surface area contributed by atoms with E-state index in [1.165, 1.54) is 38.5 Å². The first-order valence-electron chi connectivity index (χ1n) is 9.68. The summed E-state index contributed by atoms with van der Waals surface area (Å²) in [7, 11) is 0. The molecule has 0 unspecified atom stereocenters. The molecular formula is C20H34O2. The topological polar surface area (TPSA) is 40.5 Å². The van der Waals surface area contributed by atoms with Gasteiger partial charge in [-0.2, -0.15) is 0 Å². The summed E-state index contributed by atoms with van der Waals surface area (Å²) in [5, 5.41) is 21.0. The first-order chi connectivity index (χ1) is 10.3. The molecule has 126 valence electrons. The Morgan fingerprint density at radius 3 is 2.32 bits per heavy atom. The monoisotopic (exact) mass is 306 g/mol. The lowest BCUT2D eigenvalue weighted by atomic mass is 9.44. The number of fused-ring (bicyclic) bond motifs is 5. The predicted octanol–water partition coefficient (Wildman–Crippen LogP) is 4.14. The zero-order valence-corrected chi connectivity index (χ0v) is 14.6. The lowest BCUT2D eigenvalue weighted by Crippen LogP contribution is -2.56. The number of hydrogen-bond acceptors (Lipinski definition) is 2. The second kappa shape index (κ2) is 4.72. The quantitative estimate of drug-likeness (QED) is 0.706. The maximum absolute atomic E-state index is 10.9. The number of aliphatic hydroxyl groups is 2. The van der Waals surface area contributed by atoms with Crippen LogP contribution in [-0.4, -0.2) is 21.9 Å². The zero-order chi connectivity index (χ0) is 15.8. The molecule has 0 amide bonds. The summed E-state index contributed by atoms with van der Waals surface area (Å²) in [5.74, 6) is 3.13. The van der Waals surface area contributed by atoms with Gasteiger partial charge in [0.25, 0.3) is 0 Å². The van der Waals surface area contributed by atoms with Crippen molar-refractivity contribution in [2.24, 2.45) is 34.5 Å². The van der Waals surface area contributed by atoms with Crippen molar-refractivity contribution in [2.45, 2.75) is 90.3 Å². The van der Waals surface area contributed by atoms with Crippen LogP contribution in [0.25, 0.3) is 0 Å². The molecule has 4 aliphatic carbocycles. The van der Waals surface area contributed by atoms with E-state index in [4.69, 9.17) is 0 Å². The Bertz CT molecular complexity index is 459. The summed E-state index contributed by atoms with van der Waals surface area (Å²) in [6, 6.07) is 0. The number of rotatable bonds is 0. The van der Waals surface area contributed by atoms with Crippen LogP contribution >= 0.6 is 0 Å². The molecule has 0 radical (unpaired) electrons. The summed E-state index contributed by atoms with van der Waals surface area (Å²) >= 11 is 0. The maximum Gasteiger partial charge on any atom is 0.0675 e. The Labute approximate surface area is 135 Å². The largest absolute Gasteiger partial charge is 0.393 e. The third-order valence-corrected chi connectivity index (χ3v) is 9.20. The average Bonchev–Trinajstić information content (AvgIpc) is 2.70. The van der Waals surface area contributed by atoms with E-state index in [0.717, 1.165) is 42.9 Å². The number of hydrogen-bond donors (Lipinski definition) is 2. The first-order valence-corrected chi connectivity index (χ1v) is 9.68. The van der Waals surface area contributed by atoms with Gasteiger partial charge in [0.1, 0.15) is 0 Å². The molecule has 2 nitrogen and oxygen atoms in total. The van der Waals surface area contributed by atoms with Crippen LogP contribution in [-0.2, 0) is 0 Å². The summed E-state index contributed by atoms with van der Waals surface area (Å²) in [6.07, 6.45) is 10.6. The van der Waals surface area contributed by atoms with Crippen molar-refractivity contribution in [3.8, 4) is 0 Å². The van der Waals surface area contributed by atoms with Gasteiger partial charge in [-0.25, -0.2) is 0 Å². The van der Waals surface area contributed by atoms with E-state index in [-0.39, 0.29) is 11.5 Å². The zero-order valence-electron chi connectivity index (χ0n) is 14.6. The van der Waals surface area contributed by atoms with Crippen molar-refractivity contribution in [1.29, 1.82) is 0 Å². The van der Waals surface area contributed by atoms with Crippen LogP contribution in [0.4, 0.5) is 0 Å². The van der Waals surface area contributed by atoms with Gasteiger partial charge in [0.15, 0.2) is 0 Å². The normalized spacial score (nSPS) is 61.2. The average molecular weight is 306 g/mol. The molecule has 8 atom stereocenters. The predicted molar refractivity (Wildman–Crippen MR) is 88.4 cm³/mol. The summed E-state index contributed by atoms with van der Waals surface area (Å²) in [4.78, 5) is 0. The molecule has 0 aromatic rings. The van der Waals surface area contributed by atoms with Gasteiger partial charge in [0.05, 0.1) is 11.7 Å². The molecular weight excluding hydrogens is 272 g/mol. The van der Waals surface area contributed by atoms with Crippen molar-refractivity contribution in [3.05, 3.63) is 0 Å². The molecule has 2 heteroatoms. The highest BCUT2D eigenvalue weighted by Gasteiger charge is 2.63. The molecule has 4 aliphatic rings. The fourth-order valence-electron chi connectivity index (χ4n) is 7.48. The van der Waals surface area contributed by atoms with Gasteiger partial charge in [0, 0.05) is 0 Å². The molecule has 22 heavy (non-hydrogen) atoms. The van der Waals surface area contributed by atoms with Gasteiger partial charge in [-0.15, -0.1) is 0 Å². The van der Waals surface area contributed by atoms with Crippen LogP contribution in [0.15, 0.2) is 0 Å². The van der Waals surface area contributed by atoms with Gasteiger partial charge >= 0.3 is 0 Å². The van der Waals surface area contributed by atoms with Crippen LogP contribution in [0.5, 0.6) is 0 Å². The van der Waals surface area contributed by atoms with E-state index < -0.39 is 5.60 Å². The minimum absolute atomic E-state index is 0.0457. The smallest absolute Gasteiger partial charge is 0.0675 e. The summed E-state index contributed by atoms with van der Waals surface area (Å²) < 4.78 is 0. The summed E-state index contributed by atoms with van der Waals surface area (Å²) in [5.41, 5.74) is 0.145.